The van der Waals surface area contributed by atoms with E-state index in [0.29, 0.717) is 41.7 Å². The number of carbonyl (C=O) groups is 1. The van der Waals surface area contributed by atoms with Crippen LogP contribution < -0.4 is 14.4 Å². The van der Waals surface area contributed by atoms with Gasteiger partial charge in [0.05, 0.1) is 23.7 Å². The van der Waals surface area contributed by atoms with E-state index >= 15 is 0 Å². The molecule has 26 heavy (non-hydrogen) atoms. The Morgan fingerprint density at radius 1 is 1.19 bits per heavy atom. The number of hydrogen-bond donors (Lipinski definition) is 0. The topological polar surface area (TPSA) is 99.2 Å². The molecule has 3 rings (SSSR count). The van der Waals surface area contributed by atoms with Gasteiger partial charge in [-0.3, -0.25) is 4.79 Å². The maximum atomic E-state index is 13.0. The van der Waals surface area contributed by atoms with Crippen LogP contribution in [0.25, 0.3) is 0 Å². The first kappa shape index (κ1) is 17.2. The predicted octanol–water partition coefficient (Wildman–Crippen LogP) is 2.59. The zero-order valence-corrected chi connectivity index (χ0v) is 14.2. The van der Waals surface area contributed by atoms with Gasteiger partial charge in [-0.25, -0.2) is 4.98 Å². The quantitative estimate of drug-likeness (QED) is 0.842. The van der Waals surface area contributed by atoms with Gasteiger partial charge < -0.3 is 14.4 Å². The molecule has 0 radical (unpaired) electrons. The van der Waals surface area contributed by atoms with Crippen LogP contribution in [-0.2, 0) is 0 Å². The number of ether oxygens (including phenoxy) is 2. The van der Waals surface area contributed by atoms with E-state index in [9.17, 15) is 4.79 Å². The predicted molar refractivity (Wildman–Crippen MR) is 93.0 cm³/mol. The van der Waals surface area contributed by atoms with Crippen molar-refractivity contribution in [2.24, 2.45) is 0 Å². The van der Waals surface area contributed by atoms with Crippen LogP contribution >= 0.6 is 0 Å². The summed E-state index contributed by atoms with van der Waals surface area (Å²) in [6, 6.07) is 12.4. The van der Waals surface area contributed by atoms with Crippen LogP contribution in [0.1, 0.15) is 28.2 Å². The molecule has 130 valence electrons. The van der Waals surface area contributed by atoms with E-state index in [1.54, 1.807) is 31.2 Å². The molecule has 0 aliphatic carbocycles. The number of benzene rings is 1. The summed E-state index contributed by atoms with van der Waals surface area (Å²) in [5.41, 5.74) is 1.72. The van der Waals surface area contributed by atoms with Crippen LogP contribution in [0.3, 0.4) is 0 Å². The van der Waals surface area contributed by atoms with Gasteiger partial charge >= 0.3 is 0 Å². The molecule has 1 aromatic carbocycles. The van der Waals surface area contributed by atoms with Gasteiger partial charge in [0.25, 0.3) is 5.91 Å². The van der Waals surface area contributed by atoms with Crippen LogP contribution in [0.5, 0.6) is 11.5 Å². The average Bonchev–Trinajstić information content (AvgIpc) is 2.68. The van der Waals surface area contributed by atoms with E-state index in [2.05, 4.69) is 11.1 Å². The Bertz CT molecular complexity index is 927. The van der Waals surface area contributed by atoms with Crippen molar-refractivity contribution in [1.29, 1.82) is 10.5 Å². The molecule has 2 heterocycles. The highest BCUT2D eigenvalue weighted by molar-refractivity contribution is 6.05. The van der Waals surface area contributed by atoms with Gasteiger partial charge in [0, 0.05) is 18.3 Å². The van der Waals surface area contributed by atoms with E-state index in [-0.39, 0.29) is 24.6 Å². The smallest absolute Gasteiger partial charge is 0.276 e. The lowest BCUT2D eigenvalue weighted by atomic mass is 10.1. The normalized spacial score (nSPS) is 12.0. The monoisotopic (exact) mass is 348 g/mol. The minimum atomic E-state index is -0.343. The molecule has 0 bridgehead atoms. The van der Waals surface area contributed by atoms with Crippen molar-refractivity contribution >= 4 is 11.6 Å². The molecule has 0 saturated heterocycles. The van der Waals surface area contributed by atoms with Crippen molar-refractivity contribution in [3.05, 3.63) is 47.3 Å². The van der Waals surface area contributed by atoms with E-state index in [4.69, 9.17) is 20.0 Å². The Kier molecular flexibility index (Phi) is 5.00. The number of aromatic nitrogens is 1. The third-order valence-corrected chi connectivity index (χ3v) is 3.96. The van der Waals surface area contributed by atoms with Crippen molar-refractivity contribution in [2.75, 3.05) is 24.7 Å². The summed E-state index contributed by atoms with van der Waals surface area (Å²) in [7, 11) is 0. The molecule has 7 nitrogen and oxygen atoms in total. The van der Waals surface area contributed by atoms with Crippen molar-refractivity contribution in [3.63, 3.8) is 0 Å². The molecule has 0 unspecified atom stereocenters. The lowest BCUT2D eigenvalue weighted by Gasteiger charge is -2.24. The average molecular weight is 348 g/mol. The molecule has 0 saturated carbocycles. The first-order valence-electron chi connectivity index (χ1n) is 8.10. The second-order valence-corrected chi connectivity index (χ2v) is 5.63. The lowest BCUT2D eigenvalue weighted by molar-refractivity contribution is 0.0982. The van der Waals surface area contributed by atoms with Gasteiger partial charge in [-0.1, -0.05) is 0 Å². The molecule has 2 aromatic rings. The number of rotatable bonds is 4. The third kappa shape index (κ3) is 3.42. The summed E-state index contributed by atoms with van der Waals surface area (Å²) in [5.74, 6) is 0.844. The molecule has 1 aromatic heterocycles. The molecule has 0 spiro atoms. The standard InChI is InChI=1S/C19H16N4O3/c1-13-14(12-21)3-5-16(22-13)19(24)23(8-2-7-20)15-4-6-17-18(11-15)26-10-9-25-17/h3-6,11H,2,8-10H2,1H3. The number of hydrogen-bond acceptors (Lipinski definition) is 6. The van der Waals surface area contributed by atoms with Crippen molar-refractivity contribution in [3.8, 4) is 23.6 Å². The van der Waals surface area contributed by atoms with Gasteiger partial charge in [-0.2, -0.15) is 10.5 Å². The number of aryl methyl sites for hydroxylation is 1. The maximum Gasteiger partial charge on any atom is 0.276 e. The van der Waals surface area contributed by atoms with Gasteiger partial charge in [-0.15, -0.1) is 0 Å². The van der Waals surface area contributed by atoms with Gasteiger partial charge in [-0.05, 0) is 31.2 Å². The highest BCUT2D eigenvalue weighted by Crippen LogP contribution is 2.34. The maximum absolute atomic E-state index is 13.0. The minimum Gasteiger partial charge on any atom is -0.486 e. The molecule has 1 aliphatic heterocycles. The zero-order valence-electron chi connectivity index (χ0n) is 14.2. The summed E-state index contributed by atoms with van der Waals surface area (Å²) in [6.07, 6.45) is 0.176. The number of carbonyl (C=O) groups excluding carboxylic acids is 1. The fourth-order valence-corrected chi connectivity index (χ4v) is 2.65. The Morgan fingerprint density at radius 3 is 2.65 bits per heavy atom. The fraction of sp³-hybridized carbons (Fsp3) is 0.263. The first-order valence-corrected chi connectivity index (χ1v) is 8.10. The van der Waals surface area contributed by atoms with E-state index < -0.39 is 0 Å². The van der Waals surface area contributed by atoms with E-state index in [1.807, 2.05) is 6.07 Å². The highest BCUT2D eigenvalue weighted by atomic mass is 16.6. The molecule has 0 N–H and O–H groups in total. The SMILES string of the molecule is Cc1nc(C(=O)N(CCC#N)c2ccc3c(c2)OCCO3)ccc1C#N. The molecule has 1 aliphatic rings. The molecule has 1 amide bonds. The van der Waals surface area contributed by atoms with Crippen LogP contribution in [-0.4, -0.2) is 30.6 Å². The van der Waals surface area contributed by atoms with E-state index in [0.717, 1.165) is 0 Å². The van der Waals surface area contributed by atoms with Crippen molar-refractivity contribution in [1.82, 2.24) is 4.98 Å². The first-order chi connectivity index (χ1) is 12.6. The number of fused-ring (bicyclic) bond motifs is 1. The van der Waals surface area contributed by atoms with Crippen molar-refractivity contribution < 1.29 is 14.3 Å². The molecule has 0 fully saturated rings. The largest absolute Gasteiger partial charge is 0.486 e. The summed E-state index contributed by atoms with van der Waals surface area (Å²) in [5, 5.41) is 18.0. The number of pyridine rings is 1. The van der Waals surface area contributed by atoms with Crippen LogP contribution in [0.2, 0.25) is 0 Å². The highest BCUT2D eigenvalue weighted by Gasteiger charge is 2.22. The van der Waals surface area contributed by atoms with Crippen LogP contribution in [0.4, 0.5) is 5.69 Å². The summed E-state index contributed by atoms with van der Waals surface area (Å²) in [4.78, 5) is 18.7. The van der Waals surface area contributed by atoms with E-state index in [1.165, 1.54) is 11.0 Å². The molecule has 7 heteroatoms. The van der Waals surface area contributed by atoms with Gasteiger partial charge in [0.2, 0.25) is 0 Å². The van der Waals surface area contributed by atoms with Gasteiger partial charge in [0.1, 0.15) is 25.0 Å². The number of nitrogens with zero attached hydrogens (tertiary/aromatic N) is 4. The summed E-state index contributed by atoms with van der Waals surface area (Å²) in [6.45, 7) is 2.82. The molecule has 0 atom stereocenters. The second kappa shape index (κ2) is 7.54. The molecular formula is C19H16N4O3. The second-order valence-electron chi connectivity index (χ2n) is 5.63. The summed E-state index contributed by atoms with van der Waals surface area (Å²) < 4.78 is 11.1. The Hall–Kier alpha value is -3.58. The number of anilines is 1. The Balaban J connectivity index is 1.95. The Labute approximate surface area is 151 Å². The van der Waals surface area contributed by atoms with Crippen LogP contribution in [0, 0.1) is 29.6 Å². The molecular weight excluding hydrogens is 332 g/mol. The fourth-order valence-electron chi connectivity index (χ4n) is 2.65. The van der Waals surface area contributed by atoms with Crippen molar-refractivity contribution in [2.45, 2.75) is 13.3 Å². The number of amides is 1. The van der Waals surface area contributed by atoms with Gasteiger partial charge in [0.15, 0.2) is 11.5 Å². The minimum absolute atomic E-state index is 0.176. The zero-order chi connectivity index (χ0) is 18.5. The third-order valence-electron chi connectivity index (χ3n) is 3.96. The number of nitriles is 2. The van der Waals surface area contributed by atoms with Crippen LogP contribution in [0.15, 0.2) is 30.3 Å². The lowest BCUT2D eigenvalue weighted by Crippen LogP contribution is -2.32. The summed E-state index contributed by atoms with van der Waals surface area (Å²) >= 11 is 0. The Morgan fingerprint density at radius 2 is 1.96 bits per heavy atom.